The Morgan fingerprint density at radius 2 is 1.67 bits per heavy atom. The van der Waals surface area contributed by atoms with Gasteiger partial charge in [0, 0.05) is 22.0 Å². The molecule has 0 aliphatic carbocycles. The molecule has 7 nitrogen and oxygen atoms in total. The standard InChI is InChI=1S/C29H28Cl2N4O3S/c1-19-9-13-25(14-10-19)39(37,38)34(28-16-24(30)12-11-20(28)2)18-29(36)33-32-17-23-15-21(3)35(22(23)4)27-8-6-5-7-26(27)31/h5-17H,18H2,1-4H3,(H,33,36)/b32-17-. The highest BCUT2D eigenvalue weighted by Gasteiger charge is 2.28. The van der Waals surface area contributed by atoms with Crippen LogP contribution in [-0.4, -0.2) is 31.7 Å². The van der Waals surface area contributed by atoms with Crippen LogP contribution in [0.2, 0.25) is 10.0 Å². The fraction of sp³-hybridized carbons (Fsp3) is 0.172. The molecule has 1 N–H and O–H groups in total. The van der Waals surface area contributed by atoms with Crippen LogP contribution < -0.4 is 9.73 Å². The first-order valence-electron chi connectivity index (χ1n) is 12.1. The van der Waals surface area contributed by atoms with Crippen molar-refractivity contribution in [2.75, 3.05) is 10.8 Å². The molecule has 3 aromatic carbocycles. The summed E-state index contributed by atoms with van der Waals surface area (Å²) in [4.78, 5) is 13.0. The first-order chi connectivity index (χ1) is 18.5. The van der Waals surface area contributed by atoms with Gasteiger partial charge in [0.2, 0.25) is 0 Å². The molecule has 202 valence electrons. The van der Waals surface area contributed by atoms with Crippen LogP contribution in [0.5, 0.6) is 0 Å². The largest absolute Gasteiger partial charge is 0.316 e. The molecule has 1 aromatic heterocycles. The van der Waals surface area contributed by atoms with Crippen LogP contribution in [-0.2, 0) is 14.8 Å². The van der Waals surface area contributed by atoms with E-state index in [0.29, 0.717) is 21.3 Å². The molecule has 0 saturated heterocycles. The van der Waals surface area contributed by atoms with Gasteiger partial charge < -0.3 is 4.57 Å². The number of halogens is 2. The van der Waals surface area contributed by atoms with Gasteiger partial charge in [-0.3, -0.25) is 9.10 Å². The molecule has 4 rings (SSSR count). The van der Waals surface area contributed by atoms with E-state index < -0.39 is 22.5 Å². The lowest BCUT2D eigenvalue weighted by Crippen LogP contribution is -2.40. The maximum absolute atomic E-state index is 13.6. The van der Waals surface area contributed by atoms with Crippen molar-refractivity contribution in [1.29, 1.82) is 0 Å². The smallest absolute Gasteiger partial charge is 0.264 e. The Morgan fingerprint density at radius 3 is 2.36 bits per heavy atom. The van der Waals surface area contributed by atoms with E-state index >= 15 is 0 Å². The highest BCUT2D eigenvalue weighted by molar-refractivity contribution is 7.92. The summed E-state index contributed by atoms with van der Waals surface area (Å²) in [6.45, 7) is 7.01. The van der Waals surface area contributed by atoms with Gasteiger partial charge in [-0.2, -0.15) is 5.10 Å². The molecule has 0 fully saturated rings. The zero-order valence-electron chi connectivity index (χ0n) is 21.9. The van der Waals surface area contributed by atoms with E-state index in [0.717, 1.165) is 32.5 Å². The van der Waals surface area contributed by atoms with Crippen molar-refractivity contribution in [3.05, 3.63) is 111 Å². The summed E-state index contributed by atoms with van der Waals surface area (Å²) in [7, 11) is -4.08. The van der Waals surface area contributed by atoms with Crippen LogP contribution in [0.25, 0.3) is 5.69 Å². The lowest BCUT2D eigenvalue weighted by Gasteiger charge is -2.25. The fourth-order valence-corrected chi connectivity index (χ4v) is 6.11. The Balaban J connectivity index is 1.59. The Labute approximate surface area is 238 Å². The van der Waals surface area contributed by atoms with Crippen molar-refractivity contribution in [2.45, 2.75) is 32.6 Å². The monoisotopic (exact) mass is 582 g/mol. The van der Waals surface area contributed by atoms with Crippen molar-refractivity contribution in [2.24, 2.45) is 5.10 Å². The number of nitrogens with zero attached hydrogens (tertiary/aromatic N) is 3. The minimum Gasteiger partial charge on any atom is -0.316 e. The molecule has 0 spiro atoms. The molecular weight excluding hydrogens is 555 g/mol. The number of hydrogen-bond acceptors (Lipinski definition) is 4. The molecule has 0 saturated carbocycles. The molecule has 0 aliphatic heterocycles. The Morgan fingerprint density at radius 1 is 0.974 bits per heavy atom. The number of para-hydroxylation sites is 1. The summed E-state index contributed by atoms with van der Waals surface area (Å²) in [6, 6.07) is 20.8. The highest BCUT2D eigenvalue weighted by Crippen LogP contribution is 2.30. The van der Waals surface area contributed by atoms with E-state index in [1.165, 1.54) is 24.4 Å². The zero-order valence-corrected chi connectivity index (χ0v) is 24.3. The minimum absolute atomic E-state index is 0.0655. The van der Waals surface area contributed by atoms with Crippen molar-refractivity contribution in [1.82, 2.24) is 9.99 Å². The molecule has 4 aromatic rings. The topological polar surface area (TPSA) is 83.8 Å². The number of sulfonamides is 1. The van der Waals surface area contributed by atoms with Gasteiger partial charge in [0.15, 0.2) is 0 Å². The second-order valence-corrected chi connectivity index (χ2v) is 11.9. The minimum atomic E-state index is -4.08. The number of aromatic nitrogens is 1. The number of carbonyl (C=O) groups is 1. The predicted molar refractivity (Wildman–Crippen MR) is 158 cm³/mol. The molecule has 10 heteroatoms. The maximum Gasteiger partial charge on any atom is 0.264 e. The number of anilines is 1. The van der Waals surface area contributed by atoms with Crippen LogP contribution in [0.15, 0.2) is 82.8 Å². The number of nitrogens with one attached hydrogen (secondary N) is 1. The Kier molecular flexibility index (Phi) is 8.49. The summed E-state index contributed by atoms with van der Waals surface area (Å²) in [6.07, 6.45) is 1.52. The molecule has 39 heavy (non-hydrogen) atoms. The average Bonchev–Trinajstić information content (AvgIpc) is 3.17. The molecule has 0 radical (unpaired) electrons. The number of rotatable bonds is 8. The summed E-state index contributed by atoms with van der Waals surface area (Å²) in [5.74, 6) is -0.610. The fourth-order valence-electron chi connectivity index (χ4n) is 4.25. The third kappa shape index (κ3) is 6.19. The van der Waals surface area contributed by atoms with E-state index in [1.807, 2.05) is 55.7 Å². The summed E-state index contributed by atoms with van der Waals surface area (Å²) in [5, 5.41) is 5.07. The van der Waals surface area contributed by atoms with Gasteiger partial charge in [0.25, 0.3) is 15.9 Å². The van der Waals surface area contributed by atoms with Gasteiger partial charge in [0.1, 0.15) is 6.54 Å². The summed E-state index contributed by atoms with van der Waals surface area (Å²) < 4.78 is 30.3. The quantitative estimate of drug-likeness (QED) is 0.194. The van der Waals surface area contributed by atoms with E-state index in [2.05, 4.69) is 10.5 Å². The third-order valence-corrected chi connectivity index (χ3v) is 8.62. The van der Waals surface area contributed by atoms with Crippen molar-refractivity contribution in [3.8, 4) is 5.69 Å². The summed E-state index contributed by atoms with van der Waals surface area (Å²) in [5.41, 5.74) is 7.79. The van der Waals surface area contributed by atoms with Crippen molar-refractivity contribution in [3.63, 3.8) is 0 Å². The van der Waals surface area contributed by atoms with Crippen LogP contribution in [0.4, 0.5) is 5.69 Å². The number of hydrazone groups is 1. The molecule has 0 atom stereocenters. The normalized spacial score (nSPS) is 11.6. The SMILES string of the molecule is Cc1ccc(S(=O)(=O)N(CC(=O)N/N=C\c2cc(C)n(-c3ccccc3Cl)c2C)c2cc(Cl)ccc2C)cc1. The Bertz CT molecular complexity index is 1660. The van der Waals surface area contributed by atoms with Gasteiger partial charge >= 0.3 is 0 Å². The van der Waals surface area contributed by atoms with Gasteiger partial charge in [-0.15, -0.1) is 0 Å². The molecule has 0 aliphatic rings. The van der Waals surface area contributed by atoms with Gasteiger partial charge in [0.05, 0.1) is 27.5 Å². The predicted octanol–water partition coefficient (Wildman–Crippen LogP) is 6.36. The van der Waals surface area contributed by atoms with E-state index in [9.17, 15) is 13.2 Å². The van der Waals surface area contributed by atoms with E-state index in [-0.39, 0.29) is 4.90 Å². The van der Waals surface area contributed by atoms with Crippen LogP contribution in [0.3, 0.4) is 0 Å². The van der Waals surface area contributed by atoms with Gasteiger partial charge in [-0.1, -0.05) is 59.1 Å². The lowest BCUT2D eigenvalue weighted by molar-refractivity contribution is -0.119. The molecule has 0 bridgehead atoms. The van der Waals surface area contributed by atoms with E-state index in [1.54, 1.807) is 31.2 Å². The summed E-state index contributed by atoms with van der Waals surface area (Å²) >= 11 is 12.6. The van der Waals surface area contributed by atoms with Crippen LogP contribution in [0, 0.1) is 27.7 Å². The zero-order chi connectivity index (χ0) is 28.3. The van der Waals surface area contributed by atoms with Gasteiger partial charge in [-0.05, 0) is 75.7 Å². The molecule has 0 unspecified atom stereocenters. The van der Waals surface area contributed by atoms with Gasteiger partial charge in [-0.25, -0.2) is 13.8 Å². The van der Waals surface area contributed by atoms with Crippen molar-refractivity contribution < 1.29 is 13.2 Å². The number of aryl methyl sites for hydroxylation is 3. The second kappa shape index (κ2) is 11.7. The number of hydrogen-bond donors (Lipinski definition) is 1. The number of amides is 1. The highest BCUT2D eigenvalue weighted by atomic mass is 35.5. The molecule has 1 amide bonds. The van der Waals surface area contributed by atoms with E-state index in [4.69, 9.17) is 23.2 Å². The first-order valence-corrected chi connectivity index (χ1v) is 14.3. The number of benzene rings is 3. The molecular formula is C29H28Cl2N4O3S. The van der Waals surface area contributed by atoms with Crippen LogP contribution >= 0.6 is 23.2 Å². The maximum atomic E-state index is 13.6. The third-order valence-electron chi connectivity index (χ3n) is 6.29. The first kappa shape index (κ1) is 28.4. The average molecular weight is 584 g/mol. The lowest BCUT2D eigenvalue weighted by atomic mass is 10.2. The molecule has 1 heterocycles. The Hall–Kier alpha value is -3.59. The number of carbonyl (C=O) groups excluding carboxylic acids is 1. The van der Waals surface area contributed by atoms with Crippen LogP contribution in [0.1, 0.15) is 28.1 Å². The second-order valence-electron chi connectivity index (χ2n) is 9.16. The van der Waals surface area contributed by atoms with Crippen molar-refractivity contribution >= 4 is 51.0 Å².